The highest BCUT2D eigenvalue weighted by Crippen LogP contribution is 2.37. The van der Waals surface area contributed by atoms with E-state index >= 15 is 0 Å². The molecule has 1 heterocycles. The van der Waals surface area contributed by atoms with E-state index in [1.165, 1.54) is 0 Å². The van der Waals surface area contributed by atoms with Crippen molar-refractivity contribution >= 4 is 33.4 Å². The maximum absolute atomic E-state index is 12.5. The molecule has 0 fully saturated rings. The third kappa shape index (κ3) is 20.7. The van der Waals surface area contributed by atoms with Gasteiger partial charge in [-0.1, -0.05) is 101 Å². The molecular weight excluding hydrogens is 573 g/mol. The van der Waals surface area contributed by atoms with Crippen LogP contribution in [0, 0.1) is 0 Å². The number of amides is 2. The maximum atomic E-state index is 12.5. The molecular formula is C35H52N4O2S2. The standard InChI is InChI=1S/C35H52N4O2S2/c1-4-5-6-7-8-9-10-11-12-13-14-15-16-17-18-19-20-21-22-25-33(40)38-27-28-42-43-35(2,3)32(29-36)39-34(41)31-24-23-26-37-30-31/h5-6,8-9,11-12,14-15,17-18,20-21,23-24,26,30,32H,4,7,10,13,16,19,22,25,27-29,36H2,1-3H3,(H,38,40)(H,39,41)/b6-5-,9-8-,12-11-,15-14-,18-17-,21-20-. The Labute approximate surface area is 268 Å². The lowest BCUT2D eigenvalue weighted by atomic mass is 10.0. The summed E-state index contributed by atoms with van der Waals surface area (Å²) in [6, 6.07) is 3.27. The first kappa shape index (κ1) is 38.2. The zero-order valence-corrected chi connectivity index (χ0v) is 27.9. The van der Waals surface area contributed by atoms with Gasteiger partial charge in [0.15, 0.2) is 0 Å². The molecule has 1 rings (SSSR count). The molecule has 0 aliphatic heterocycles. The van der Waals surface area contributed by atoms with Crippen molar-refractivity contribution in [1.29, 1.82) is 0 Å². The third-order valence-corrected chi connectivity index (χ3v) is 9.56. The van der Waals surface area contributed by atoms with Crippen LogP contribution < -0.4 is 16.4 Å². The number of hydrogen-bond acceptors (Lipinski definition) is 6. The van der Waals surface area contributed by atoms with Crippen LogP contribution in [0.3, 0.4) is 0 Å². The van der Waals surface area contributed by atoms with Crippen LogP contribution in [0.2, 0.25) is 0 Å². The average Bonchev–Trinajstić information content (AvgIpc) is 3.01. The predicted octanol–water partition coefficient (Wildman–Crippen LogP) is 7.89. The van der Waals surface area contributed by atoms with E-state index < -0.39 is 0 Å². The van der Waals surface area contributed by atoms with Gasteiger partial charge in [0.1, 0.15) is 0 Å². The lowest BCUT2D eigenvalue weighted by Gasteiger charge is -2.33. The van der Waals surface area contributed by atoms with Crippen molar-refractivity contribution in [2.24, 2.45) is 5.73 Å². The van der Waals surface area contributed by atoms with Crippen molar-refractivity contribution < 1.29 is 9.59 Å². The molecule has 43 heavy (non-hydrogen) atoms. The summed E-state index contributed by atoms with van der Waals surface area (Å²) in [6.07, 6.45) is 36.4. The molecule has 2 amide bonds. The van der Waals surface area contributed by atoms with E-state index in [0.29, 0.717) is 25.1 Å². The molecule has 6 nitrogen and oxygen atoms in total. The Morgan fingerprint density at radius 3 is 1.98 bits per heavy atom. The van der Waals surface area contributed by atoms with E-state index in [1.54, 1.807) is 46.1 Å². The molecule has 0 spiro atoms. The maximum Gasteiger partial charge on any atom is 0.253 e. The average molecular weight is 625 g/mol. The van der Waals surface area contributed by atoms with Crippen molar-refractivity contribution in [3.63, 3.8) is 0 Å². The molecule has 236 valence electrons. The molecule has 0 saturated heterocycles. The van der Waals surface area contributed by atoms with Gasteiger partial charge in [0.25, 0.3) is 5.91 Å². The molecule has 8 heteroatoms. The summed E-state index contributed by atoms with van der Waals surface area (Å²) >= 11 is 0. The Hall–Kier alpha value is -2.81. The first-order valence-electron chi connectivity index (χ1n) is 15.3. The van der Waals surface area contributed by atoms with Gasteiger partial charge < -0.3 is 16.4 Å². The zero-order chi connectivity index (χ0) is 31.4. The molecule has 1 atom stereocenters. The SMILES string of the molecule is CC/C=C\C/C=C\C/C=C\C/C=C\C/C=C\C/C=C\CCC(=O)NCCSSC(C)(C)C(CN)NC(=O)c1cccnc1. The van der Waals surface area contributed by atoms with E-state index in [9.17, 15) is 9.59 Å². The molecule has 4 N–H and O–H groups in total. The van der Waals surface area contributed by atoms with Crippen LogP contribution in [0.15, 0.2) is 97.4 Å². The second-order valence-corrected chi connectivity index (χ2v) is 13.4. The smallest absolute Gasteiger partial charge is 0.253 e. The number of carbonyl (C=O) groups is 2. The third-order valence-electron chi connectivity index (χ3n) is 6.22. The monoisotopic (exact) mass is 624 g/mol. The highest BCUT2D eigenvalue weighted by molar-refractivity contribution is 8.77. The van der Waals surface area contributed by atoms with Crippen molar-refractivity contribution in [2.75, 3.05) is 18.8 Å². The molecule has 1 aromatic heterocycles. The number of nitrogens with two attached hydrogens (primary N) is 1. The summed E-state index contributed by atoms with van der Waals surface area (Å²) in [5, 5.41) is 6.01. The van der Waals surface area contributed by atoms with Crippen LogP contribution in [0.5, 0.6) is 0 Å². The summed E-state index contributed by atoms with van der Waals surface area (Å²) in [6.45, 7) is 7.22. The highest BCUT2D eigenvalue weighted by Gasteiger charge is 2.31. The second-order valence-electron chi connectivity index (χ2n) is 10.3. The Bertz CT molecular complexity index is 1060. The van der Waals surface area contributed by atoms with Crippen molar-refractivity contribution in [3.05, 3.63) is 103 Å². The molecule has 0 bridgehead atoms. The van der Waals surface area contributed by atoms with Gasteiger partial charge in [-0.2, -0.15) is 0 Å². The van der Waals surface area contributed by atoms with E-state index in [0.717, 1.165) is 50.7 Å². The highest BCUT2D eigenvalue weighted by atomic mass is 33.1. The molecule has 1 unspecified atom stereocenters. The van der Waals surface area contributed by atoms with Gasteiger partial charge in [0.2, 0.25) is 5.91 Å². The summed E-state index contributed by atoms with van der Waals surface area (Å²) < 4.78 is -0.280. The minimum Gasteiger partial charge on any atom is -0.355 e. The van der Waals surface area contributed by atoms with Gasteiger partial charge in [-0.3, -0.25) is 14.6 Å². The fraction of sp³-hybridized carbons (Fsp3) is 0.457. The van der Waals surface area contributed by atoms with Crippen LogP contribution >= 0.6 is 21.6 Å². The number of rotatable bonds is 23. The number of pyridine rings is 1. The second kappa shape index (κ2) is 25.7. The van der Waals surface area contributed by atoms with Crippen LogP contribution in [-0.2, 0) is 4.79 Å². The number of carbonyl (C=O) groups excluding carboxylic acids is 2. The Morgan fingerprint density at radius 2 is 1.47 bits per heavy atom. The van der Waals surface area contributed by atoms with E-state index in [1.807, 2.05) is 0 Å². The number of hydrogen-bond donors (Lipinski definition) is 3. The van der Waals surface area contributed by atoms with Crippen molar-refractivity contribution in [2.45, 2.75) is 82.9 Å². The van der Waals surface area contributed by atoms with Gasteiger partial charge in [0, 0.05) is 42.4 Å². The molecule has 1 aromatic rings. The topological polar surface area (TPSA) is 97.1 Å². The largest absolute Gasteiger partial charge is 0.355 e. The van der Waals surface area contributed by atoms with E-state index in [4.69, 9.17) is 5.73 Å². The van der Waals surface area contributed by atoms with Gasteiger partial charge in [-0.25, -0.2) is 0 Å². The van der Waals surface area contributed by atoms with Crippen molar-refractivity contribution in [3.8, 4) is 0 Å². The number of nitrogens with zero attached hydrogens (tertiary/aromatic N) is 1. The molecule has 0 aliphatic carbocycles. The molecule has 0 aliphatic rings. The summed E-state index contributed by atoms with van der Waals surface area (Å²) in [4.78, 5) is 28.6. The molecule has 0 saturated carbocycles. The van der Waals surface area contributed by atoms with Crippen LogP contribution in [-0.4, -0.2) is 46.4 Å². The fourth-order valence-corrected chi connectivity index (χ4v) is 6.28. The normalized spacial score (nSPS) is 13.4. The first-order chi connectivity index (χ1) is 20.9. The first-order valence-corrected chi connectivity index (χ1v) is 17.6. The number of aromatic nitrogens is 1. The van der Waals surface area contributed by atoms with Crippen LogP contribution in [0.4, 0.5) is 0 Å². The Balaban J connectivity index is 2.08. The Kier molecular flexibility index (Phi) is 22.8. The number of nitrogens with one attached hydrogen (secondary N) is 2. The lowest BCUT2D eigenvalue weighted by molar-refractivity contribution is -0.120. The summed E-state index contributed by atoms with van der Waals surface area (Å²) in [5.74, 6) is 0.655. The van der Waals surface area contributed by atoms with Gasteiger partial charge in [0.05, 0.1) is 11.6 Å². The van der Waals surface area contributed by atoms with E-state index in [2.05, 4.69) is 109 Å². The van der Waals surface area contributed by atoms with Crippen LogP contribution in [0.1, 0.15) is 82.5 Å². The number of allylic oxidation sites excluding steroid dienone is 12. The summed E-state index contributed by atoms with van der Waals surface area (Å²) in [5.41, 5.74) is 6.49. The minimum absolute atomic E-state index is 0.0629. The van der Waals surface area contributed by atoms with Crippen molar-refractivity contribution in [1.82, 2.24) is 15.6 Å². The quantitative estimate of drug-likeness (QED) is 0.0651. The minimum atomic E-state index is -0.280. The molecule has 0 radical (unpaired) electrons. The zero-order valence-electron chi connectivity index (χ0n) is 26.3. The summed E-state index contributed by atoms with van der Waals surface area (Å²) in [7, 11) is 3.34. The fourth-order valence-electron chi connectivity index (χ4n) is 3.68. The molecule has 0 aromatic carbocycles. The van der Waals surface area contributed by atoms with E-state index in [-0.39, 0.29) is 22.6 Å². The Morgan fingerprint density at radius 1 is 0.907 bits per heavy atom. The van der Waals surface area contributed by atoms with Gasteiger partial charge in [-0.05, 0) is 70.9 Å². The van der Waals surface area contributed by atoms with Gasteiger partial charge >= 0.3 is 0 Å². The lowest BCUT2D eigenvalue weighted by Crippen LogP contribution is -2.51. The predicted molar refractivity (Wildman–Crippen MR) is 189 cm³/mol. The van der Waals surface area contributed by atoms with Crippen LogP contribution in [0.25, 0.3) is 0 Å². The van der Waals surface area contributed by atoms with Gasteiger partial charge in [-0.15, -0.1) is 0 Å².